The molecule has 0 aliphatic carbocycles. The quantitative estimate of drug-likeness (QED) is 0.666. The van der Waals surface area contributed by atoms with E-state index in [1.807, 2.05) is 25.1 Å². The lowest BCUT2D eigenvalue weighted by molar-refractivity contribution is 0.576. The predicted molar refractivity (Wildman–Crippen MR) is 71.5 cm³/mol. The number of rotatable bonds is 3. The second-order valence-corrected chi connectivity index (χ2v) is 5.08. The topological polar surface area (TPSA) is 26.0 Å². The zero-order valence-corrected chi connectivity index (χ0v) is 10.7. The van der Waals surface area contributed by atoms with Gasteiger partial charge in [-0.15, -0.1) is 11.8 Å². The molecule has 0 unspecified atom stereocenters. The molecule has 0 aliphatic heterocycles. The maximum absolute atomic E-state index is 13.4. The lowest BCUT2D eigenvalue weighted by Gasteiger charge is -2.07. The molecule has 2 rings (SSSR count). The Balaban J connectivity index is 2.13. The van der Waals surface area contributed by atoms with E-state index in [1.165, 1.54) is 23.9 Å². The fraction of sp³-hybridized carbons (Fsp3) is 0.143. The van der Waals surface area contributed by atoms with E-state index in [9.17, 15) is 8.78 Å². The first-order chi connectivity index (χ1) is 8.56. The van der Waals surface area contributed by atoms with E-state index in [-0.39, 0.29) is 0 Å². The molecule has 0 saturated heterocycles. The summed E-state index contributed by atoms with van der Waals surface area (Å²) >= 11 is 1.45. The highest BCUT2D eigenvalue weighted by Gasteiger charge is 2.06. The van der Waals surface area contributed by atoms with E-state index in [1.54, 1.807) is 0 Å². The van der Waals surface area contributed by atoms with Gasteiger partial charge in [0.25, 0.3) is 0 Å². The molecule has 2 aromatic carbocycles. The number of benzene rings is 2. The third-order valence-corrected chi connectivity index (χ3v) is 3.69. The molecule has 4 heteroatoms. The van der Waals surface area contributed by atoms with Crippen LogP contribution in [0, 0.1) is 18.6 Å². The van der Waals surface area contributed by atoms with Gasteiger partial charge in [0.2, 0.25) is 0 Å². The predicted octanol–water partition coefficient (Wildman–Crippen LogP) is 4.15. The van der Waals surface area contributed by atoms with Crippen LogP contribution in [0.4, 0.5) is 14.5 Å². The SMILES string of the molecule is Cc1ccc(N)c(SCc2ccc(F)cc2F)c1. The second-order valence-electron chi connectivity index (χ2n) is 4.07. The Morgan fingerprint density at radius 1 is 1.11 bits per heavy atom. The van der Waals surface area contributed by atoms with Crippen LogP contribution in [-0.4, -0.2) is 0 Å². The minimum absolute atomic E-state index is 0.430. The number of hydrogen-bond acceptors (Lipinski definition) is 2. The van der Waals surface area contributed by atoms with Crippen molar-refractivity contribution in [3.8, 4) is 0 Å². The van der Waals surface area contributed by atoms with Crippen LogP contribution in [0.3, 0.4) is 0 Å². The monoisotopic (exact) mass is 265 g/mol. The van der Waals surface area contributed by atoms with Crippen LogP contribution >= 0.6 is 11.8 Å². The number of aryl methyl sites for hydroxylation is 1. The molecule has 0 atom stereocenters. The minimum atomic E-state index is -0.559. The Kier molecular flexibility index (Phi) is 3.87. The van der Waals surface area contributed by atoms with Gasteiger partial charge < -0.3 is 5.73 Å². The zero-order chi connectivity index (χ0) is 13.1. The van der Waals surface area contributed by atoms with Gasteiger partial charge in [-0.3, -0.25) is 0 Å². The number of anilines is 1. The molecule has 0 saturated carbocycles. The molecule has 0 aromatic heterocycles. The Hall–Kier alpha value is -1.55. The first-order valence-electron chi connectivity index (χ1n) is 5.49. The van der Waals surface area contributed by atoms with E-state index < -0.39 is 11.6 Å². The second kappa shape index (κ2) is 5.40. The molecule has 0 fully saturated rings. The van der Waals surface area contributed by atoms with Crippen LogP contribution in [0.1, 0.15) is 11.1 Å². The van der Waals surface area contributed by atoms with Gasteiger partial charge >= 0.3 is 0 Å². The van der Waals surface area contributed by atoms with Gasteiger partial charge in [0, 0.05) is 22.4 Å². The van der Waals surface area contributed by atoms with Gasteiger partial charge in [0.1, 0.15) is 11.6 Å². The Labute approximate surface area is 109 Å². The molecule has 0 radical (unpaired) electrons. The van der Waals surface area contributed by atoms with Crippen molar-refractivity contribution < 1.29 is 8.78 Å². The van der Waals surface area contributed by atoms with Gasteiger partial charge in [-0.25, -0.2) is 8.78 Å². The first kappa shape index (κ1) is 12.9. The van der Waals surface area contributed by atoms with Crippen molar-refractivity contribution in [2.45, 2.75) is 17.6 Å². The van der Waals surface area contributed by atoms with Crippen LogP contribution in [-0.2, 0) is 5.75 Å². The maximum Gasteiger partial charge on any atom is 0.130 e. The van der Waals surface area contributed by atoms with Gasteiger partial charge in [0.15, 0.2) is 0 Å². The molecular formula is C14H13F2NS. The number of thioether (sulfide) groups is 1. The highest BCUT2D eigenvalue weighted by molar-refractivity contribution is 7.98. The average molecular weight is 265 g/mol. The van der Waals surface area contributed by atoms with Crippen LogP contribution in [0.25, 0.3) is 0 Å². The lowest BCUT2D eigenvalue weighted by atomic mass is 10.2. The third-order valence-electron chi connectivity index (χ3n) is 2.57. The van der Waals surface area contributed by atoms with Gasteiger partial charge in [-0.2, -0.15) is 0 Å². The Morgan fingerprint density at radius 2 is 1.89 bits per heavy atom. The van der Waals surface area contributed by atoms with Crippen LogP contribution in [0.15, 0.2) is 41.3 Å². The normalized spacial score (nSPS) is 10.6. The summed E-state index contributed by atoms with van der Waals surface area (Å²) in [5, 5.41) is 0. The number of nitrogen functional groups attached to an aromatic ring is 1. The van der Waals surface area contributed by atoms with E-state index in [0.29, 0.717) is 17.0 Å². The summed E-state index contributed by atoms with van der Waals surface area (Å²) in [4.78, 5) is 0.915. The van der Waals surface area contributed by atoms with E-state index >= 15 is 0 Å². The summed E-state index contributed by atoms with van der Waals surface area (Å²) in [7, 11) is 0. The fourth-order valence-corrected chi connectivity index (χ4v) is 2.61. The summed E-state index contributed by atoms with van der Waals surface area (Å²) in [6.45, 7) is 1.97. The van der Waals surface area contributed by atoms with E-state index in [2.05, 4.69) is 0 Å². The van der Waals surface area contributed by atoms with Gasteiger partial charge in [-0.1, -0.05) is 12.1 Å². The standard InChI is InChI=1S/C14H13F2NS/c1-9-2-5-13(17)14(6-9)18-8-10-3-4-11(15)7-12(10)16/h2-7H,8,17H2,1H3. The molecule has 0 spiro atoms. The smallest absolute Gasteiger partial charge is 0.130 e. The molecule has 0 bridgehead atoms. The van der Waals surface area contributed by atoms with E-state index in [4.69, 9.17) is 5.73 Å². The molecule has 2 N–H and O–H groups in total. The molecule has 2 aromatic rings. The largest absolute Gasteiger partial charge is 0.398 e. The molecule has 0 amide bonds. The molecule has 94 valence electrons. The maximum atomic E-state index is 13.4. The van der Waals surface area contributed by atoms with Gasteiger partial charge in [0.05, 0.1) is 0 Å². The summed E-state index contributed by atoms with van der Waals surface area (Å²) in [5.74, 6) is -0.648. The zero-order valence-electron chi connectivity index (χ0n) is 9.91. The summed E-state index contributed by atoms with van der Waals surface area (Å²) < 4.78 is 26.2. The molecular weight excluding hydrogens is 252 g/mol. The van der Waals surface area contributed by atoms with Crippen LogP contribution < -0.4 is 5.73 Å². The highest BCUT2D eigenvalue weighted by Crippen LogP contribution is 2.29. The molecule has 0 heterocycles. The summed E-state index contributed by atoms with van der Waals surface area (Å²) in [5.41, 5.74) is 8.09. The fourth-order valence-electron chi connectivity index (χ4n) is 1.56. The molecule has 1 nitrogen and oxygen atoms in total. The van der Waals surface area contributed by atoms with E-state index in [0.717, 1.165) is 16.5 Å². The average Bonchev–Trinajstić information content (AvgIpc) is 2.32. The van der Waals surface area contributed by atoms with Gasteiger partial charge in [-0.05, 0) is 36.2 Å². The van der Waals surface area contributed by atoms with Crippen molar-refractivity contribution in [3.05, 3.63) is 59.2 Å². The van der Waals surface area contributed by atoms with Crippen molar-refractivity contribution in [1.82, 2.24) is 0 Å². The lowest BCUT2D eigenvalue weighted by Crippen LogP contribution is -1.92. The van der Waals surface area contributed by atoms with Crippen molar-refractivity contribution >= 4 is 17.4 Å². The summed E-state index contributed by atoms with van der Waals surface area (Å²) in [6.07, 6.45) is 0. The Bertz CT molecular complexity index is 570. The third kappa shape index (κ3) is 3.01. The van der Waals surface area contributed by atoms with Crippen LogP contribution in [0.5, 0.6) is 0 Å². The number of halogens is 2. The van der Waals surface area contributed by atoms with Crippen LogP contribution in [0.2, 0.25) is 0 Å². The molecule has 0 aliphatic rings. The van der Waals surface area contributed by atoms with Crippen molar-refractivity contribution in [2.24, 2.45) is 0 Å². The van der Waals surface area contributed by atoms with Crippen molar-refractivity contribution in [1.29, 1.82) is 0 Å². The van der Waals surface area contributed by atoms with Crippen molar-refractivity contribution in [2.75, 3.05) is 5.73 Å². The minimum Gasteiger partial charge on any atom is -0.398 e. The highest BCUT2D eigenvalue weighted by atomic mass is 32.2. The first-order valence-corrected chi connectivity index (χ1v) is 6.47. The molecule has 18 heavy (non-hydrogen) atoms. The number of nitrogens with two attached hydrogens (primary N) is 1. The van der Waals surface area contributed by atoms with Crippen molar-refractivity contribution in [3.63, 3.8) is 0 Å². The Morgan fingerprint density at radius 3 is 2.61 bits per heavy atom. The number of hydrogen-bond donors (Lipinski definition) is 1. The summed E-state index contributed by atoms with van der Waals surface area (Å²) in [6, 6.07) is 9.34.